The van der Waals surface area contributed by atoms with Crippen LogP contribution in [0.3, 0.4) is 0 Å². The first-order valence-corrected chi connectivity index (χ1v) is 4.16. The topological polar surface area (TPSA) is 13.1 Å². The average molecular weight is 168 g/mol. The Kier molecular flexibility index (Phi) is 2.13. The molecule has 0 unspecified atom stereocenters. The average Bonchev–Trinajstić information content (AvgIpc) is 2.71. The van der Waals surface area contributed by atoms with Gasteiger partial charge in [0.2, 0.25) is 0 Å². The molecule has 1 nitrogen and oxygen atoms in total. The molecule has 13 heavy (non-hydrogen) atoms. The van der Waals surface area contributed by atoms with Gasteiger partial charge in [0, 0.05) is 0 Å². The molecule has 2 rings (SSSR count). The van der Waals surface area contributed by atoms with Gasteiger partial charge in [-0.1, -0.05) is 0 Å². The van der Waals surface area contributed by atoms with Crippen molar-refractivity contribution in [2.75, 3.05) is 0 Å². The molecule has 0 aliphatic heterocycles. The van der Waals surface area contributed by atoms with E-state index in [4.69, 9.17) is 4.33 Å². The van der Waals surface area contributed by atoms with Crippen molar-refractivity contribution in [3.05, 3.63) is 48.4 Å². The van der Waals surface area contributed by atoms with Gasteiger partial charge in [-0.25, -0.2) is 0 Å². The van der Waals surface area contributed by atoms with Gasteiger partial charge in [-0.05, 0) is 0 Å². The summed E-state index contributed by atoms with van der Waals surface area (Å²) in [7, 11) is 1.68. The molecule has 0 N–H and O–H groups in total. The standard InChI is InChI=1S/C11H9BO/c1-2-9-3-5-10(6-4-9)11-7-8-12-13-11/h2-8H,1H2. The molecule has 0 bridgehead atoms. The van der Waals surface area contributed by atoms with Crippen molar-refractivity contribution in [1.82, 2.24) is 0 Å². The Morgan fingerprint density at radius 1 is 1.15 bits per heavy atom. The molecule has 0 aliphatic rings. The Morgan fingerprint density at radius 2 is 1.92 bits per heavy atom. The van der Waals surface area contributed by atoms with Crippen LogP contribution in [0.4, 0.5) is 0 Å². The number of hydrogen-bond donors (Lipinski definition) is 0. The van der Waals surface area contributed by atoms with Crippen LogP contribution in [0.5, 0.6) is 0 Å². The zero-order chi connectivity index (χ0) is 9.10. The third kappa shape index (κ3) is 1.62. The Morgan fingerprint density at radius 3 is 2.46 bits per heavy atom. The second-order valence-electron chi connectivity index (χ2n) is 2.80. The summed E-state index contributed by atoms with van der Waals surface area (Å²) in [5, 5.41) is 0. The maximum absolute atomic E-state index is 5.27. The van der Waals surface area contributed by atoms with Crippen LogP contribution in [0.25, 0.3) is 17.4 Å². The van der Waals surface area contributed by atoms with E-state index in [1.807, 2.05) is 42.4 Å². The SMILES string of the molecule is C=Cc1ccc(-c2ccbo2)cc1. The van der Waals surface area contributed by atoms with E-state index < -0.39 is 0 Å². The normalized spacial score (nSPS) is 9.54. The Bertz CT molecular complexity index is 387. The quantitative estimate of drug-likeness (QED) is 0.671. The van der Waals surface area contributed by atoms with Crippen LogP contribution < -0.4 is 0 Å². The van der Waals surface area contributed by atoms with Crippen molar-refractivity contribution in [2.24, 2.45) is 0 Å². The predicted molar refractivity (Wildman–Crippen MR) is 55.6 cm³/mol. The van der Waals surface area contributed by atoms with E-state index in [0.717, 1.165) is 16.9 Å². The van der Waals surface area contributed by atoms with E-state index in [9.17, 15) is 0 Å². The minimum absolute atomic E-state index is 0.899. The van der Waals surface area contributed by atoms with Crippen LogP contribution in [0.15, 0.2) is 47.2 Å². The van der Waals surface area contributed by atoms with E-state index in [0.29, 0.717) is 0 Å². The van der Waals surface area contributed by atoms with Gasteiger partial charge >= 0.3 is 77.3 Å². The fraction of sp³-hybridized carbons (Fsp3) is 0. The minimum atomic E-state index is 0.899. The van der Waals surface area contributed by atoms with Gasteiger partial charge in [0.15, 0.2) is 0 Å². The second-order valence-corrected chi connectivity index (χ2v) is 2.80. The van der Waals surface area contributed by atoms with Crippen LogP contribution in [0, 0.1) is 0 Å². The summed E-state index contributed by atoms with van der Waals surface area (Å²) in [6.07, 6.45) is 1.83. The number of rotatable bonds is 2. The van der Waals surface area contributed by atoms with E-state index in [-0.39, 0.29) is 0 Å². The van der Waals surface area contributed by atoms with E-state index >= 15 is 0 Å². The third-order valence-electron chi connectivity index (χ3n) is 1.95. The summed E-state index contributed by atoms with van der Waals surface area (Å²) in [4.78, 5) is 0. The van der Waals surface area contributed by atoms with E-state index in [2.05, 4.69) is 6.58 Å². The van der Waals surface area contributed by atoms with Gasteiger partial charge in [-0.2, -0.15) is 0 Å². The molecule has 0 radical (unpaired) electrons. The summed E-state index contributed by atoms with van der Waals surface area (Å²) in [6.45, 7) is 3.70. The molecule has 0 spiro atoms. The molecule has 1 heterocycles. The van der Waals surface area contributed by atoms with Crippen molar-refractivity contribution in [3.63, 3.8) is 0 Å². The second kappa shape index (κ2) is 3.44. The van der Waals surface area contributed by atoms with Crippen molar-refractivity contribution in [2.45, 2.75) is 0 Å². The Hall–Kier alpha value is -1.57. The number of hydrogen-bond acceptors (Lipinski definition) is 1. The van der Waals surface area contributed by atoms with Crippen LogP contribution in [0.1, 0.15) is 5.56 Å². The van der Waals surface area contributed by atoms with Gasteiger partial charge in [0.1, 0.15) is 0 Å². The molecular weight excluding hydrogens is 159 g/mol. The summed E-state index contributed by atoms with van der Waals surface area (Å²) in [5.74, 6) is 2.78. The first kappa shape index (κ1) is 8.05. The Balaban J connectivity index is 2.38. The monoisotopic (exact) mass is 168 g/mol. The van der Waals surface area contributed by atoms with Crippen LogP contribution >= 0.6 is 0 Å². The molecule has 0 amide bonds. The zero-order valence-corrected chi connectivity index (χ0v) is 7.23. The fourth-order valence-corrected chi connectivity index (χ4v) is 1.23. The summed E-state index contributed by atoms with van der Waals surface area (Å²) in [5.41, 5.74) is 2.21. The molecule has 0 atom stereocenters. The van der Waals surface area contributed by atoms with Gasteiger partial charge in [-0.3, -0.25) is 0 Å². The first-order valence-electron chi connectivity index (χ1n) is 4.16. The molecule has 0 fully saturated rings. The molecule has 0 saturated heterocycles. The first-order chi connectivity index (χ1) is 6.40. The summed E-state index contributed by atoms with van der Waals surface area (Å²) >= 11 is 0. The summed E-state index contributed by atoms with van der Waals surface area (Å²) < 4.78 is 5.27. The Labute approximate surface area is 78.0 Å². The molecule has 0 saturated carbocycles. The predicted octanol–water partition coefficient (Wildman–Crippen LogP) is 2.93. The molecule has 1 aromatic carbocycles. The van der Waals surface area contributed by atoms with Crippen LogP contribution in [-0.4, -0.2) is 7.13 Å². The van der Waals surface area contributed by atoms with Crippen LogP contribution in [0.2, 0.25) is 0 Å². The maximum atomic E-state index is 5.27. The molecule has 2 heteroatoms. The zero-order valence-electron chi connectivity index (χ0n) is 7.23. The molecule has 62 valence electrons. The summed E-state index contributed by atoms with van der Waals surface area (Å²) in [6, 6.07) is 10.0. The number of benzene rings is 1. The van der Waals surface area contributed by atoms with Crippen molar-refractivity contribution >= 4 is 13.2 Å². The molecule has 0 aliphatic carbocycles. The van der Waals surface area contributed by atoms with E-state index in [1.54, 1.807) is 7.13 Å². The van der Waals surface area contributed by atoms with Crippen molar-refractivity contribution < 1.29 is 4.33 Å². The van der Waals surface area contributed by atoms with Gasteiger partial charge < -0.3 is 0 Å². The molecular formula is C11H9BO. The van der Waals surface area contributed by atoms with Gasteiger partial charge in [0.25, 0.3) is 0 Å². The van der Waals surface area contributed by atoms with Crippen molar-refractivity contribution in [3.8, 4) is 11.3 Å². The molecule has 2 aromatic rings. The fourth-order valence-electron chi connectivity index (χ4n) is 1.23. The third-order valence-corrected chi connectivity index (χ3v) is 1.95. The van der Waals surface area contributed by atoms with E-state index in [1.165, 1.54) is 0 Å². The van der Waals surface area contributed by atoms with Crippen molar-refractivity contribution in [1.29, 1.82) is 0 Å². The molecule has 1 aromatic heterocycles. The van der Waals surface area contributed by atoms with Gasteiger partial charge in [0.05, 0.1) is 0 Å². The van der Waals surface area contributed by atoms with Crippen LogP contribution in [-0.2, 0) is 0 Å². The van der Waals surface area contributed by atoms with Gasteiger partial charge in [-0.15, -0.1) is 0 Å².